The van der Waals surface area contributed by atoms with Crippen LogP contribution in [0.15, 0.2) is 53.6 Å². The molecule has 4 N–H and O–H groups in total. The highest BCUT2D eigenvalue weighted by Gasteiger charge is 2.36. The van der Waals surface area contributed by atoms with Gasteiger partial charge in [-0.1, -0.05) is 12.1 Å². The molecule has 274 valence electrons. The van der Waals surface area contributed by atoms with E-state index in [0.717, 1.165) is 18.5 Å². The first-order valence-electron chi connectivity index (χ1n) is 17.8. The van der Waals surface area contributed by atoms with Gasteiger partial charge in [-0.05, 0) is 73.4 Å². The molecule has 0 radical (unpaired) electrons. The minimum Gasteiger partial charge on any atom is -0.496 e. The molecule has 3 fully saturated rings. The Kier molecular flexibility index (Phi) is 9.86. The van der Waals surface area contributed by atoms with Crippen LogP contribution in [0.1, 0.15) is 55.6 Å². The third kappa shape index (κ3) is 7.30. The van der Waals surface area contributed by atoms with Crippen molar-refractivity contribution < 1.29 is 28.6 Å². The Morgan fingerprint density at radius 2 is 1.81 bits per heavy atom. The molecule has 0 saturated carbocycles. The number of carbonyl (C=O) groups is 3. The number of likely N-dealkylation sites (tertiary alicyclic amines) is 2. The highest BCUT2D eigenvalue weighted by molar-refractivity contribution is 6.01. The maximum atomic E-state index is 15.8. The molecule has 52 heavy (non-hydrogen) atoms. The van der Waals surface area contributed by atoms with Gasteiger partial charge in [0, 0.05) is 74.5 Å². The largest absolute Gasteiger partial charge is 0.496 e. The molecule has 1 unspecified atom stereocenters. The molecule has 2 aromatic heterocycles. The number of rotatable bonds is 9. The zero-order chi connectivity index (χ0) is 36.6. The molecule has 3 aliphatic heterocycles. The number of amides is 3. The van der Waals surface area contributed by atoms with Gasteiger partial charge in [-0.3, -0.25) is 34.5 Å². The van der Waals surface area contributed by atoms with Crippen molar-refractivity contribution in [2.75, 3.05) is 45.2 Å². The van der Waals surface area contributed by atoms with Crippen molar-refractivity contribution in [3.05, 3.63) is 76.1 Å². The number of aromatic nitrogens is 3. The number of aryl methyl sites for hydroxylation is 1. The van der Waals surface area contributed by atoms with Gasteiger partial charge >= 0.3 is 0 Å². The molecular weight excluding hydrogens is 669 g/mol. The van der Waals surface area contributed by atoms with Crippen LogP contribution in [0, 0.1) is 5.82 Å². The minimum atomic E-state index is -1.16. The summed E-state index contributed by atoms with van der Waals surface area (Å²) in [5.74, 6) is -0.325. The summed E-state index contributed by atoms with van der Waals surface area (Å²) in [7, 11) is 3.10. The molecule has 3 saturated heterocycles. The molecule has 0 aliphatic carbocycles. The van der Waals surface area contributed by atoms with E-state index in [-0.39, 0.29) is 41.8 Å². The predicted molar refractivity (Wildman–Crippen MR) is 192 cm³/mol. The number of nitrogens with one attached hydrogen (secondary N) is 3. The fraction of sp³-hybridized carbons (Fsp3) is 0.447. The summed E-state index contributed by atoms with van der Waals surface area (Å²) in [6, 6.07) is 10.7. The minimum absolute atomic E-state index is 0.0694. The number of aromatic amines is 1. The molecule has 5 heterocycles. The van der Waals surface area contributed by atoms with Crippen molar-refractivity contribution in [3.63, 3.8) is 0 Å². The van der Waals surface area contributed by atoms with E-state index >= 15 is 4.39 Å². The number of anilines is 1. The number of piperidine rings is 3. The van der Waals surface area contributed by atoms with E-state index in [1.807, 2.05) is 17.0 Å². The summed E-state index contributed by atoms with van der Waals surface area (Å²) in [5, 5.41) is 24.4. The molecular formula is C38H44FN7O6. The number of imide groups is 1. The molecule has 1 atom stereocenters. The molecule has 2 aromatic carbocycles. The topological polar surface area (TPSA) is 162 Å². The fourth-order valence-corrected chi connectivity index (χ4v) is 7.77. The van der Waals surface area contributed by atoms with Crippen molar-refractivity contribution in [1.82, 2.24) is 29.9 Å². The number of fused-ring (bicyclic) bond motifs is 1. The summed E-state index contributed by atoms with van der Waals surface area (Å²) < 4.78 is 22.8. The second kappa shape index (κ2) is 14.5. The van der Waals surface area contributed by atoms with Gasteiger partial charge in [0.05, 0.1) is 25.5 Å². The third-order valence-electron chi connectivity index (χ3n) is 10.9. The van der Waals surface area contributed by atoms with Gasteiger partial charge in [0.15, 0.2) is 0 Å². The molecule has 3 amide bonds. The van der Waals surface area contributed by atoms with Crippen LogP contribution in [-0.2, 0) is 27.9 Å². The fourth-order valence-electron chi connectivity index (χ4n) is 7.77. The molecule has 0 spiro atoms. The summed E-state index contributed by atoms with van der Waals surface area (Å²) in [4.78, 5) is 53.3. The Morgan fingerprint density at radius 1 is 1.08 bits per heavy atom. The Hall–Kier alpha value is -5.08. The zero-order valence-electron chi connectivity index (χ0n) is 29.4. The number of nitrogens with zero attached hydrogens (tertiary/aromatic N) is 4. The standard InChI is InChI=1S/C38H44FN7O6/c1-44-21-29(28-20-40-43-35(28)37(44)50)25-17-30(39)27(32(18-25)52-2)19-38(51)11-15-45(16-12-38)22-34(48)46-13-9-24(10-14-46)23-3-5-26(6-4-23)41-31-7-8-33(47)42-36(31)49/h3-6,17-18,20-21,24,31,41,51H,7-16,19,22H2,1-2H3,(H,40,43)(H,42,47,49). The SMILES string of the molecule is COc1cc(-c2cn(C)c(=O)c3[nH]ncc23)cc(F)c1CC1(O)CCN(CC(=O)N2CCC(c3ccc(NC4CCC(=O)NC4=O)cc3)CC2)CC1. The second-order valence-corrected chi connectivity index (χ2v) is 14.4. The van der Waals surface area contributed by atoms with E-state index in [0.29, 0.717) is 85.6 Å². The van der Waals surface area contributed by atoms with Crippen LogP contribution in [-0.4, -0.2) is 98.9 Å². The quantitative estimate of drug-likeness (QED) is 0.191. The van der Waals surface area contributed by atoms with Crippen molar-refractivity contribution in [2.24, 2.45) is 7.05 Å². The van der Waals surface area contributed by atoms with E-state index < -0.39 is 17.5 Å². The van der Waals surface area contributed by atoms with Crippen LogP contribution < -0.4 is 20.9 Å². The number of benzene rings is 2. The highest BCUT2D eigenvalue weighted by atomic mass is 19.1. The normalized spacial score (nSPS) is 19.8. The van der Waals surface area contributed by atoms with Crippen molar-refractivity contribution in [1.29, 1.82) is 0 Å². The average Bonchev–Trinajstić information content (AvgIpc) is 3.64. The summed E-state index contributed by atoms with van der Waals surface area (Å²) >= 11 is 0. The van der Waals surface area contributed by atoms with Crippen LogP contribution >= 0.6 is 0 Å². The average molecular weight is 714 g/mol. The van der Waals surface area contributed by atoms with Crippen molar-refractivity contribution in [3.8, 4) is 16.9 Å². The zero-order valence-corrected chi connectivity index (χ0v) is 29.4. The van der Waals surface area contributed by atoms with Crippen LogP contribution in [0.2, 0.25) is 0 Å². The summed E-state index contributed by atoms with van der Waals surface area (Å²) in [5.41, 5.74) is 2.41. The van der Waals surface area contributed by atoms with Crippen LogP contribution in [0.5, 0.6) is 5.75 Å². The summed E-state index contributed by atoms with van der Waals surface area (Å²) in [6.45, 7) is 2.62. The van der Waals surface area contributed by atoms with Gasteiger partial charge in [0.1, 0.15) is 23.1 Å². The van der Waals surface area contributed by atoms with E-state index in [1.165, 1.54) is 23.3 Å². The Morgan fingerprint density at radius 3 is 2.50 bits per heavy atom. The molecule has 14 heteroatoms. The lowest BCUT2D eigenvalue weighted by Crippen LogP contribution is -2.50. The number of H-pyrrole nitrogens is 1. The number of ether oxygens (including phenoxy) is 1. The lowest BCUT2D eigenvalue weighted by atomic mass is 9.84. The van der Waals surface area contributed by atoms with Crippen molar-refractivity contribution >= 4 is 34.3 Å². The first kappa shape index (κ1) is 35.3. The smallest absolute Gasteiger partial charge is 0.276 e. The number of pyridine rings is 1. The van der Waals surface area contributed by atoms with Crippen LogP contribution in [0.4, 0.5) is 10.1 Å². The lowest BCUT2D eigenvalue weighted by Gasteiger charge is -2.39. The molecule has 7 rings (SSSR count). The molecule has 4 aromatic rings. The maximum Gasteiger partial charge on any atom is 0.276 e. The van der Waals surface area contributed by atoms with Crippen LogP contribution in [0.3, 0.4) is 0 Å². The first-order chi connectivity index (χ1) is 25.0. The molecule has 0 bridgehead atoms. The van der Waals surface area contributed by atoms with Crippen molar-refractivity contribution in [2.45, 2.75) is 62.5 Å². The number of hydrogen-bond donors (Lipinski definition) is 4. The highest BCUT2D eigenvalue weighted by Crippen LogP contribution is 2.37. The van der Waals surface area contributed by atoms with Crippen LogP contribution in [0.25, 0.3) is 22.0 Å². The number of methoxy groups -OCH3 is 1. The van der Waals surface area contributed by atoms with Gasteiger partial charge in [0.2, 0.25) is 17.7 Å². The monoisotopic (exact) mass is 713 g/mol. The lowest BCUT2D eigenvalue weighted by molar-refractivity contribution is -0.135. The molecule has 3 aliphatic rings. The Labute approximate surface area is 300 Å². The number of aliphatic hydroxyl groups is 1. The Balaban J connectivity index is 0.905. The van der Waals surface area contributed by atoms with Gasteiger partial charge in [-0.15, -0.1) is 0 Å². The third-order valence-corrected chi connectivity index (χ3v) is 10.9. The van der Waals surface area contributed by atoms with E-state index in [2.05, 4.69) is 37.9 Å². The number of halogens is 1. The summed E-state index contributed by atoms with van der Waals surface area (Å²) in [6.07, 6.45) is 6.53. The van der Waals surface area contributed by atoms with E-state index in [9.17, 15) is 24.3 Å². The van der Waals surface area contributed by atoms with Gasteiger partial charge < -0.3 is 24.6 Å². The Bertz CT molecular complexity index is 2040. The number of carbonyl (C=O) groups excluding carboxylic acids is 3. The van der Waals surface area contributed by atoms with Gasteiger partial charge in [0.25, 0.3) is 5.56 Å². The molecule has 13 nitrogen and oxygen atoms in total. The number of hydrogen-bond acceptors (Lipinski definition) is 9. The van der Waals surface area contributed by atoms with Gasteiger partial charge in [-0.25, -0.2) is 4.39 Å². The second-order valence-electron chi connectivity index (χ2n) is 14.4. The predicted octanol–water partition coefficient (Wildman–Crippen LogP) is 3.07. The maximum absolute atomic E-state index is 15.8. The first-order valence-corrected chi connectivity index (χ1v) is 17.8. The van der Waals surface area contributed by atoms with E-state index in [1.54, 1.807) is 25.5 Å². The van der Waals surface area contributed by atoms with Gasteiger partial charge in [-0.2, -0.15) is 5.10 Å². The van der Waals surface area contributed by atoms with E-state index in [4.69, 9.17) is 4.74 Å².